The van der Waals surface area contributed by atoms with Gasteiger partial charge in [0.1, 0.15) is 5.82 Å². The lowest BCUT2D eigenvalue weighted by Gasteiger charge is -2.29. The van der Waals surface area contributed by atoms with E-state index in [4.69, 9.17) is 4.74 Å². The number of ether oxygens (including phenoxy) is 1. The van der Waals surface area contributed by atoms with E-state index in [0.717, 1.165) is 18.8 Å². The molecular formula is C12H14FNO2. The van der Waals surface area contributed by atoms with Crippen molar-refractivity contribution in [3.05, 3.63) is 29.6 Å². The summed E-state index contributed by atoms with van der Waals surface area (Å²) in [7, 11) is 0. The van der Waals surface area contributed by atoms with Crippen molar-refractivity contribution in [3.63, 3.8) is 0 Å². The number of hydrogen-bond acceptors (Lipinski definition) is 3. The van der Waals surface area contributed by atoms with E-state index in [9.17, 15) is 9.18 Å². The van der Waals surface area contributed by atoms with Crippen LogP contribution in [0.25, 0.3) is 0 Å². The highest BCUT2D eigenvalue weighted by Gasteiger charge is 2.14. The predicted octanol–water partition coefficient (Wildman–Crippen LogP) is 1.86. The second-order valence-corrected chi connectivity index (χ2v) is 3.82. The molecule has 0 unspecified atom stereocenters. The maximum absolute atomic E-state index is 13.3. The Balaban J connectivity index is 2.27. The van der Waals surface area contributed by atoms with Crippen molar-refractivity contribution in [3.8, 4) is 0 Å². The highest BCUT2D eigenvalue weighted by Crippen LogP contribution is 2.20. The minimum atomic E-state index is -0.454. The van der Waals surface area contributed by atoms with E-state index < -0.39 is 5.82 Å². The van der Waals surface area contributed by atoms with Gasteiger partial charge in [-0.2, -0.15) is 0 Å². The molecule has 16 heavy (non-hydrogen) atoms. The number of rotatable bonds is 2. The number of benzene rings is 1. The Morgan fingerprint density at radius 1 is 1.38 bits per heavy atom. The molecule has 0 aromatic heterocycles. The Hall–Kier alpha value is -1.42. The van der Waals surface area contributed by atoms with Gasteiger partial charge < -0.3 is 9.64 Å². The molecule has 1 saturated heterocycles. The zero-order valence-electron chi connectivity index (χ0n) is 9.20. The summed E-state index contributed by atoms with van der Waals surface area (Å²) in [6, 6.07) is 4.66. The van der Waals surface area contributed by atoms with Gasteiger partial charge in [0, 0.05) is 18.8 Å². The van der Waals surface area contributed by atoms with Gasteiger partial charge in [-0.15, -0.1) is 0 Å². The van der Waals surface area contributed by atoms with Gasteiger partial charge in [0.05, 0.1) is 18.8 Å². The van der Waals surface area contributed by atoms with Gasteiger partial charge in [-0.3, -0.25) is 4.79 Å². The van der Waals surface area contributed by atoms with Gasteiger partial charge in [0.15, 0.2) is 5.78 Å². The number of anilines is 1. The first kappa shape index (κ1) is 11.1. The van der Waals surface area contributed by atoms with Crippen LogP contribution in [0.4, 0.5) is 10.1 Å². The zero-order valence-corrected chi connectivity index (χ0v) is 9.20. The number of carbonyl (C=O) groups excluding carboxylic acids is 1. The third-order valence-corrected chi connectivity index (χ3v) is 2.71. The lowest BCUT2D eigenvalue weighted by atomic mass is 10.1. The molecule has 0 N–H and O–H groups in total. The Morgan fingerprint density at radius 3 is 2.69 bits per heavy atom. The first-order valence-corrected chi connectivity index (χ1v) is 5.31. The molecule has 1 aromatic rings. The van der Waals surface area contributed by atoms with E-state index in [1.54, 1.807) is 12.1 Å². The number of nitrogens with zero attached hydrogens (tertiary/aromatic N) is 1. The van der Waals surface area contributed by atoms with Crippen LogP contribution in [0.5, 0.6) is 0 Å². The van der Waals surface area contributed by atoms with E-state index >= 15 is 0 Å². The van der Waals surface area contributed by atoms with Crippen molar-refractivity contribution in [2.75, 3.05) is 31.2 Å². The molecule has 1 aromatic carbocycles. The molecule has 0 amide bonds. The van der Waals surface area contributed by atoms with Crippen LogP contribution in [0.2, 0.25) is 0 Å². The van der Waals surface area contributed by atoms with Crippen molar-refractivity contribution in [2.24, 2.45) is 0 Å². The highest BCUT2D eigenvalue weighted by atomic mass is 19.1. The smallest absolute Gasteiger partial charge is 0.162 e. The quantitative estimate of drug-likeness (QED) is 0.717. The lowest BCUT2D eigenvalue weighted by molar-refractivity contribution is 0.101. The standard InChI is InChI=1S/C12H14FNO2/c1-9(15)11-8-10(2-3-12(11)13)14-4-6-16-7-5-14/h2-3,8H,4-7H2,1H3. The van der Waals surface area contributed by atoms with E-state index in [2.05, 4.69) is 4.90 Å². The minimum Gasteiger partial charge on any atom is -0.378 e. The average Bonchev–Trinajstić information content (AvgIpc) is 2.30. The van der Waals surface area contributed by atoms with E-state index in [0.29, 0.717) is 13.2 Å². The number of carbonyl (C=O) groups is 1. The number of morpholine rings is 1. The number of ketones is 1. The van der Waals surface area contributed by atoms with Gasteiger partial charge in [-0.1, -0.05) is 0 Å². The van der Waals surface area contributed by atoms with Gasteiger partial charge in [0.2, 0.25) is 0 Å². The van der Waals surface area contributed by atoms with Crippen LogP contribution >= 0.6 is 0 Å². The summed E-state index contributed by atoms with van der Waals surface area (Å²) in [5.74, 6) is -0.697. The maximum Gasteiger partial charge on any atom is 0.162 e. The molecule has 0 saturated carbocycles. The largest absolute Gasteiger partial charge is 0.378 e. The van der Waals surface area contributed by atoms with Crippen LogP contribution < -0.4 is 4.90 Å². The summed E-state index contributed by atoms with van der Waals surface area (Å²) in [5, 5.41) is 0. The van der Waals surface area contributed by atoms with Crippen LogP contribution in [-0.2, 0) is 4.74 Å². The molecule has 1 heterocycles. The Bertz CT molecular complexity index is 400. The summed E-state index contributed by atoms with van der Waals surface area (Å²) in [6.45, 7) is 4.28. The molecule has 0 spiro atoms. The van der Waals surface area contributed by atoms with Crippen molar-refractivity contribution >= 4 is 11.5 Å². The Morgan fingerprint density at radius 2 is 2.06 bits per heavy atom. The minimum absolute atomic E-state index is 0.156. The second kappa shape index (κ2) is 4.61. The highest BCUT2D eigenvalue weighted by molar-refractivity contribution is 5.95. The van der Waals surface area contributed by atoms with E-state index in [1.165, 1.54) is 13.0 Å². The summed E-state index contributed by atoms with van der Waals surface area (Å²) >= 11 is 0. The second-order valence-electron chi connectivity index (χ2n) is 3.82. The van der Waals surface area contributed by atoms with Gasteiger partial charge in [-0.25, -0.2) is 4.39 Å². The molecule has 1 aliphatic rings. The molecule has 3 nitrogen and oxygen atoms in total. The fourth-order valence-electron chi connectivity index (χ4n) is 1.80. The molecule has 86 valence electrons. The topological polar surface area (TPSA) is 29.5 Å². The first-order chi connectivity index (χ1) is 7.68. The third kappa shape index (κ3) is 2.22. The lowest BCUT2D eigenvalue weighted by Crippen LogP contribution is -2.36. The summed E-state index contributed by atoms with van der Waals surface area (Å²) in [6.07, 6.45) is 0. The fourth-order valence-corrected chi connectivity index (χ4v) is 1.80. The van der Waals surface area contributed by atoms with Crippen LogP contribution in [0.3, 0.4) is 0 Å². The SMILES string of the molecule is CC(=O)c1cc(N2CCOCC2)ccc1F. The fraction of sp³-hybridized carbons (Fsp3) is 0.417. The van der Waals surface area contributed by atoms with E-state index in [-0.39, 0.29) is 11.3 Å². The third-order valence-electron chi connectivity index (χ3n) is 2.71. The predicted molar refractivity (Wildman–Crippen MR) is 59.4 cm³/mol. The molecule has 2 rings (SSSR count). The molecular weight excluding hydrogens is 209 g/mol. The molecule has 1 aliphatic heterocycles. The van der Waals surface area contributed by atoms with Gasteiger partial charge >= 0.3 is 0 Å². The van der Waals surface area contributed by atoms with E-state index in [1.807, 2.05) is 0 Å². The summed E-state index contributed by atoms with van der Waals surface area (Å²) < 4.78 is 18.6. The molecule has 4 heteroatoms. The van der Waals surface area contributed by atoms with Crippen LogP contribution in [0, 0.1) is 5.82 Å². The monoisotopic (exact) mass is 223 g/mol. The number of Topliss-reactive ketones (excluding diaryl/α,β-unsaturated/α-hetero) is 1. The molecule has 0 aliphatic carbocycles. The van der Waals surface area contributed by atoms with Crippen LogP contribution in [-0.4, -0.2) is 32.1 Å². The average molecular weight is 223 g/mol. The molecule has 0 atom stereocenters. The van der Waals surface area contributed by atoms with Crippen molar-refractivity contribution in [2.45, 2.75) is 6.92 Å². The number of hydrogen-bond donors (Lipinski definition) is 0. The summed E-state index contributed by atoms with van der Waals surface area (Å²) in [5.41, 5.74) is 1.04. The number of halogens is 1. The van der Waals surface area contributed by atoms with Gasteiger partial charge in [0.25, 0.3) is 0 Å². The molecule has 1 fully saturated rings. The maximum atomic E-state index is 13.3. The first-order valence-electron chi connectivity index (χ1n) is 5.31. The van der Waals surface area contributed by atoms with Crippen molar-refractivity contribution < 1.29 is 13.9 Å². The van der Waals surface area contributed by atoms with Crippen LogP contribution in [0.1, 0.15) is 17.3 Å². The Labute approximate surface area is 93.8 Å². The van der Waals surface area contributed by atoms with Crippen molar-refractivity contribution in [1.29, 1.82) is 0 Å². The summed E-state index contributed by atoms with van der Waals surface area (Å²) in [4.78, 5) is 13.3. The zero-order chi connectivity index (χ0) is 11.5. The molecule has 0 bridgehead atoms. The van der Waals surface area contributed by atoms with Crippen LogP contribution in [0.15, 0.2) is 18.2 Å². The Kier molecular flexibility index (Phi) is 3.19. The van der Waals surface area contributed by atoms with Crippen molar-refractivity contribution in [1.82, 2.24) is 0 Å². The normalized spacial score (nSPS) is 16.2. The van der Waals surface area contributed by atoms with Gasteiger partial charge in [-0.05, 0) is 25.1 Å². The molecule has 0 radical (unpaired) electrons.